The Morgan fingerprint density at radius 1 is 1.26 bits per heavy atom. The van der Waals surface area contributed by atoms with E-state index in [4.69, 9.17) is 23.2 Å². The number of nitrogens with zero attached hydrogens (tertiary/aromatic N) is 2. The number of nitrogens with one attached hydrogen (secondary N) is 1. The zero-order valence-electron chi connectivity index (χ0n) is 10.9. The number of hydrogen-bond donors (Lipinski definition) is 1. The number of rotatable bonds is 3. The van der Waals surface area contributed by atoms with Gasteiger partial charge in [-0.3, -0.25) is 4.68 Å². The van der Waals surface area contributed by atoms with Crippen LogP contribution in [0.3, 0.4) is 0 Å². The average molecular weight is 363 g/mol. The SMILES string of the molecule is Cc1nn(C)c(C)c1CNc1ccc(Br)c(Cl)c1Cl. The number of halogens is 3. The predicted molar refractivity (Wildman–Crippen MR) is 84.2 cm³/mol. The molecule has 0 aliphatic heterocycles. The molecule has 1 N–H and O–H groups in total. The van der Waals surface area contributed by atoms with E-state index in [1.54, 1.807) is 0 Å². The first-order valence-electron chi connectivity index (χ1n) is 5.78. The highest BCUT2D eigenvalue weighted by Crippen LogP contribution is 2.36. The predicted octanol–water partition coefficient (Wildman–Crippen LogP) is 4.72. The second-order valence-corrected chi connectivity index (χ2v) is 5.96. The maximum absolute atomic E-state index is 6.20. The lowest BCUT2D eigenvalue weighted by Gasteiger charge is -2.10. The zero-order valence-corrected chi connectivity index (χ0v) is 14.0. The fourth-order valence-electron chi connectivity index (χ4n) is 1.92. The van der Waals surface area contributed by atoms with Crippen molar-refractivity contribution in [2.45, 2.75) is 20.4 Å². The molecule has 0 saturated carbocycles. The monoisotopic (exact) mass is 361 g/mol. The standard InChI is InChI=1S/C13H14BrCl2N3/c1-7-9(8(2)19(3)18-7)6-17-11-5-4-10(14)12(15)13(11)16/h4-5,17H,6H2,1-3H3. The van der Waals surface area contributed by atoms with Gasteiger partial charge >= 0.3 is 0 Å². The summed E-state index contributed by atoms with van der Waals surface area (Å²) in [5.41, 5.74) is 4.16. The minimum Gasteiger partial charge on any atom is -0.380 e. The zero-order chi connectivity index (χ0) is 14.2. The van der Waals surface area contributed by atoms with E-state index in [0.29, 0.717) is 16.6 Å². The van der Waals surface area contributed by atoms with Gasteiger partial charge in [0.25, 0.3) is 0 Å². The van der Waals surface area contributed by atoms with E-state index in [2.05, 4.69) is 26.3 Å². The third-order valence-corrected chi connectivity index (χ3v) is 4.92. The highest BCUT2D eigenvalue weighted by molar-refractivity contribution is 9.10. The molecular formula is C13H14BrCl2N3. The van der Waals surface area contributed by atoms with Crippen molar-refractivity contribution in [3.05, 3.63) is 43.6 Å². The van der Waals surface area contributed by atoms with Crippen LogP contribution in [0.5, 0.6) is 0 Å². The van der Waals surface area contributed by atoms with Crippen LogP contribution in [0, 0.1) is 13.8 Å². The summed E-state index contributed by atoms with van der Waals surface area (Å²) in [6, 6.07) is 3.78. The Hall–Kier alpha value is -0.710. The molecule has 6 heteroatoms. The van der Waals surface area contributed by atoms with Gasteiger partial charge in [0.05, 0.1) is 21.4 Å². The van der Waals surface area contributed by atoms with Gasteiger partial charge in [-0.2, -0.15) is 5.10 Å². The first-order valence-corrected chi connectivity index (χ1v) is 7.33. The van der Waals surface area contributed by atoms with E-state index in [0.717, 1.165) is 21.5 Å². The van der Waals surface area contributed by atoms with Crippen LogP contribution >= 0.6 is 39.1 Å². The molecule has 0 aliphatic rings. The van der Waals surface area contributed by atoms with Gasteiger partial charge in [-0.05, 0) is 41.9 Å². The topological polar surface area (TPSA) is 29.9 Å². The molecule has 0 saturated heterocycles. The van der Waals surface area contributed by atoms with Crippen molar-refractivity contribution in [2.75, 3.05) is 5.32 Å². The third-order valence-electron chi connectivity index (χ3n) is 3.15. The Morgan fingerprint density at radius 2 is 1.95 bits per heavy atom. The lowest BCUT2D eigenvalue weighted by atomic mass is 10.2. The van der Waals surface area contributed by atoms with Crippen LogP contribution in [0.2, 0.25) is 10.0 Å². The van der Waals surface area contributed by atoms with E-state index in [-0.39, 0.29) is 0 Å². The Kier molecular flexibility index (Phi) is 4.43. The van der Waals surface area contributed by atoms with E-state index < -0.39 is 0 Å². The van der Waals surface area contributed by atoms with E-state index in [9.17, 15) is 0 Å². The van der Waals surface area contributed by atoms with Crippen LogP contribution in [-0.2, 0) is 13.6 Å². The molecule has 1 aromatic carbocycles. The van der Waals surface area contributed by atoms with Gasteiger partial charge in [0.15, 0.2) is 0 Å². The summed E-state index contributed by atoms with van der Waals surface area (Å²) in [5, 5.41) is 8.73. The molecule has 0 radical (unpaired) electrons. The van der Waals surface area contributed by atoms with Gasteiger partial charge < -0.3 is 5.32 Å². The van der Waals surface area contributed by atoms with Crippen molar-refractivity contribution < 1.29 is 0 Å². The number of hydrogen-bond acceptors (Lipinski definition) is 2. The average Bonchev–Trinajstić information content (AvgIpc) is 2.61. The minimum atomic E-state index is 0.520. The minimum absolute atomic E-state index is 0.520. The number of benzene rings is 1. The maximum atomic E-state index is 6.20. The molecule has 0 amide bonds. The maximum Gasteiger partial charge on any atom is 0.0835 e. The molecule has 0 spiro atoms. The van der Waals surface area contributed by atoms with Gasteiger partial charge in [-0.15, -0.1) is 0 Å². The molecule has 19 heavy (non-hydrogen) atoms. The molecule has 0 bridgehead atoms. The fourth-order valence-corrected chi connectivity index (χ4v) is 2.76. The smallest absolute Gasteiger partial charge is 0.0835 e. The molecule has 3 nitrogen and oxygen atoms in total. The molecule has 1 aromatic heterocycles. The van der Waals surface area contributed by atoms with Crippen molar-refractivity contribution in [3.63, 3.8) is 0 Å². The highest BCUT2D eigenvalue weighted by atomic mass is 79.9. The molecule has 0 fully saturated rings. The molecule has 0 aliphatic carbocycles. The normalized spacial score (nSPS) is 10.8. The second kappa shape index (κ2) is 5.73. The number of aromatic nitrogens is 2. The van der Waals surface area contributed by atoms with Gasteiger partial charge in [0.1, 0.15) is 0 Å². The second-order valence-electron chi connectivity index (χ2n) is 4.35. The van der Waals surface area contributed by atoms with Crippen LogP contribution in [0.1, 0.15) is 17.0 Å². The summed E-state index contributed by atoms with van der Waals surface area (Å²) in [6.45, 7) is 4.72. The van der Waals surface area contributed by atoms with Gasteiger partial charge in [0.2, 0.25) is 0 Å². The Morgan fingerprint density at radius 3 is 2.53 bits per heavy atom. The van der Waals surface area contributed by atoms with E-state index in [1.165, 1.54) is 5.56 Å². The first kappa shape index (κ1) is 14.7. The summed E-state index contributed by atoms with van der Waals surface area (Å²) >= 11 is 15.6. The van der Waals surface area contributed by atoms with Crippen LogP contribution in [0.15, 0.2) is 16.6 Å². The molecule has 0 unspecified atom stereocenters. The third kappa shape index (κ3) is 2.91. The summed E-state index contributed by atoms with van der Waals surface area (Å²) in [7, 11) is 1.94. The first-order chi connectivity index (χ1) is 8.91. The summed E-state index contributed by atoms with van der Waals surface area (Å²) in [5.74, 6) is 0. The van der Waals surface area contributed by atoms with Crippen molar-refractivity contribution in [2.24, 2.45) is 7.05 Å². The van der Waals surface area contributed by atoms with Crippen molar-refractivity contribution in [1.82, 2.24) is 9.78 Å². The molecule has 2 rings (SSSR count). The van der Waals surface area contributed by atoms with Crippen LogP contribution < -0.4 is 5.32 Å². The lowest BCUT2D eigenvalue weighted by Crippen LogP contribution is -2.03. The van der Waals surface area contributed by atoms with Gasteiger partial charge in [-0.25, -0.2) is 0 Å². The van der Waals surface area contributed by atoms with Crippen LogP contribution in [-0.4, -0.2) is 9.78 Å². The number of anilines is 1. The summed E-state index contributed by atoms with van der Waals surface area (Å²) in [6.07, 6.45) is 0. The van der Waals surface area contributed by atoms with E-state index in [1.807, 2.05) is 37.7 Å². The highest BCUT2D eigenvalue weighted by Gasteiger charge is 2.11. The van der Waals surface area contributed by atoms with Gasteiger partial charge in [-0.1, -0.05) is 23.2 Å². The van der Waals surface area contributed by atoms with Crippen molar-refractivity contribution in [1.29, 1.82) is 0 Å². The van der Waals surface area contributed by atoms with Crippen LogP contribution in [0.25, 0.3) is 0 Å². The number of aryl methyl sites for hydroxylation is 2. The van der Waals surface area contributed by atoms with Gasteiger partial charge in [0, 0.05) is 29.3 Å². The van der Waals surface area contributed by atoms with E-state index >= 15 is 0 Å². The Balaban J connectivity index is 2.22. The fraction of sp³-hybridized carbons (Fsp3) is 0.308. The molecule has 2 aromatic rings. The molecule has 102 valence electrons. The van der Waals surface area contributed by atoms with Crippen molar-refractivity contribution in [3.8, 4) is 0 Å². The molecular weight excluding hydrogens is 349 g/mol. The Labute approximate surface area is 131 Å². The summed E-state index contributed by atoms with van der Waals surface area (Å²) in [4.78, 5) is 0. The Bertz CT molecular complexity index is 623. The molecule has 1 heterocycles. The van der Waals surface area contributed by atoms with Crippen molar-refractivity contribution >= 4 is 44.8 Å². The van der Waals surface area contributed by atoms with Crippen LogP contribution in [0.4, 0.5) is 5.69 Å². The largest absolute Gasteiger partial charge is 0.380 e. The summed E-state index contributed by atoms with van der Waals surface area (Å²) < 4.78 is 2.67. The quantitative estimate of drug-likeness (QED) is 0.800. The molecule has 0 atom stereocenters. The lowest BCUT2D eigenvalue weighted by molar-refractivity contribution is 0.730.